The van der Waals surface area contributed by atoms with Crippen LogP contribution in [0.4, 0.5) is 0 Å². The minimum absolute atomic E-state index is 0.0775. The van der Waals surface area contributed by atoms with E-state index in [9.17, 15) is 4.79 Å². The summed E-state index contributed by atoms with van der Waals surface area (Å²) in [5, 5.41) is 0.788. The number of benzene rings is 3. The summed E-state index contributed by atoms with van der Waals surface area (Å²) in [6.07, 6.45) is 7.65. The van der Waals surface area contributed by atoms with Gasteiger partial charge in [-0.1, -0.05) is 0 Å². The van der Waals surface area contributed by atoms with Crippen molar-refractivity contribution >= 4 is 32.9 Å². The third kappa shape index (κ3) is 6.25. The van der Waals surface area contributed by atoms with Gasteiger partial charge in [-0.3, -0.25) is 0 Å². The zero-order valence-corrected chi connectivity index (χ0v) is 26.6. The summed E-state index contributed by atoms with van der Waals surface area (Å²) >= 11 is -2.69. The van der Waals surface area contributed by atoms with Gasteiger partial charge in [0, 0.05) is 0 Å². The molecule has 0 aliphatic heterocycles. The topological polar surface area (TPSA) is 34.9 Å². The monoisotopic (exact) mass is 616 g/mol. The van der Waals surface area contributed by atoms with Gasteiger partial charge in [-0.15, -0.1) is 0 Å². The van der Waals surface area contributed by atoms with E-state index >= 15 is 0 Å². The summed E-state index contributed by atoms with van der Waals surface area (Å²) in [5.74, 6) is 0.755. The molecule has 0 N–H and O–H groups in total. The van der Waals surface area contributed by atoms with Crippen molar-refractivity contribution in [2.75, 3.05) is 0 Å². The van der Waals surface area contributed by atoms with Gasteiger partial charge in [0.1, 0.15) is 0 Å². The Hall–Kier alpha value is -2.40. The summed E-state index contributed by atoms with van der Waals surface area (Å²) in [5.41, 5.74) is 3.11. The molecule has 0 spiro atoms. The van der Waals surface area contributed by atoms with Crippen molar-refractivity contribution in [3.8, 4) is 0 Å². The predicted molar refractivity (Wildman–Crippen MR) is 165 cm³/mol. The second-order valence-corrected chi connectivity index (χ2v) is 24.1. The summed E-state index contributed by atoms with van der Waals surface area (Å²) in [6, 6.07) is 27.3. The van der Waals surface area contributed by atoms with Gasteiger partial charge in [-0.2, -0.15) is 0 Å². The fraction of sp³-hybridized carbons (Fsp3) is 0.412. The molecule has 0 radical (unpaired) electrons. The summed E-state index contributed by atoms with van der Waals surface area (Å²) < 4.78 is 7.63. The van der Waals surface area contributed by atoms with Crippen molar-refractivity contribution in [2.45, 2.75) is 85.6 Å². The van der Waals surface area contributed by atoms with E-state index in [0.717, 1.165) is 27.9 Å². The van der Waals surface area contributed by atoms with Crippen LogP contribution in [0.25, 0.3) is 10.9 Å². The minimum atomic E-state index is -2.69. The van der Waals surface area contributed by atoms with Crippen molar-refractivity contribution in [3.63, 3.8) is 0 Å². The molecule has 4 rings (SSSR count). The first kappa shape index (κ1) is 28.6. The van der Waals surface area contributed by atoms with Gasteiger partial charge in [-0.05, 0) is 0 Å². The first-order valence-electron chi connectivity index (χ1n) is 14.7. The second-order valence-electron chi connectivity index (χ2n) is 10.9. The number of aryl methyl sites for hydroxylation is 1. The average molecular weight is 615 g/mol. The first-order chi connectivity index (χ1) is 18.5. The standard InChI is InChI=1S/C22H17N2O.3C4H9.Sn/c1-16-23-20-15-9-8-14-19(20)22(25)24(16)21(17-10-4-2-5-11-17)18-12-6-3-7-13-18;3*1-3-4-2;/h2-7,9-15,21H,1H3;3*1,3-4H2,2H3;. The third-order valence-electron chi connectivity index (χ3n) is 8.20. The van der Waals surface area contributed by atoms with Crippen LogP contribution in [0, 0.1) is 6.92 Å². The van der Waals surface area contributed by atoms with E-state index in [-0.39, 0.29) is 11.6 Å². The maximum absolute atomic E-state index is 14.4. The molecule has 0 saturated heterocycles. The van der Waals surface area contributed by atoms with Crippen molar-refractivity contribution < 1.29 is 0 Å². The molecule has 200 valence electrons. The molecule has 0 unspecified atom stereocenters. The summed E-state index contributed by atoms with van der Waals surface area (Å²) in [6.45, 7) is 8.92. The maximum atomic E-state index is 14.4. The average Bonchev–Trinajstić information content (AvgIpc) is 2.96. The molecule has 3 aromatic carbocycles. The summed E-state index contributed by atoms with van der Waals surface area (Å²) in [7, 11) is 0. The molecule has 0 atom stereocenters. The van der Waals surface area contributed by atoms with Crippen molar-refractivity contribution in [1.29, 1.82) is 0 Å². The molecule has 0 fully saturated rings. The van der Waals surface area contributed by atoms with Crippen LogP contribution < -0.4 is 9.14 Å². The van der Waals surface area contributed by atoms with E-state index in [2.05, 4.69) is 87.5 Å². The molecule has 1 aromatic heterocycles. The van der Waals surface area contributed by atoms with E-state index in [0.29, 0.717) is 0 Å². The Bertz CT molecular complexity index is 1300. The predicted octanol–water partition coefficient (Wildman–Crippen LogP) is 8.40. The molecule has 3 nitrogen and oxygen atoms in total. The quantitative estimate of drug-likeness (QED) is 0.142. The van der Waals surface area contributed by atoms with E-state index in [1.54, 1.807) is 0 Å². The zero-order valence-electron chi connectivity index (χ0n) is 23.7. The van der Waals surface area contributed by atoms with Crippen LogP contribution in [0.15, 0.2) is 83.7 Å². The number of rotatable bonds is 13. The Morgan fingerprint density at radius 2 is 1.24 bits per heavy atom. The van der Waals surface area contributed by atoms with Crippen LogP contribution in [0.5, 0.6) is 0 Å². The van der Waals surface area contributed by atoms with Crippen LogP contribution in [-0.2, 0) is 0 Å². The molecular formula is C34H44N2OSn. The van der Waals surface area contributed by atoms with Crippen molar-refractivity contribution in [3.05, 3.63) is 106 Å². The van der Waals surface area contributed by atoms with Crippen LogP contribution in [0.3, 0.4) is 0 Å². The number of hydrogen-bond acceptors (Lipinski definition) is 2. The van der Waals surface area contributed by atoms with Gasteiger partial charge in [-0.25, -0.2) is 0 Å². The first-order valence-corrected chi connectivity index (χ1v) is 22.2. The Morgan fingerprint density at radius 1 is 0.737 bits per heavy atom. The van der Waals surface area contributed by atoms with Gasteiger partial charge >= 0.3 is 234 Å². The molecule has 0 saturated carbocycles. The number of hydrogen-bond donors (Lipinski definition) is 0. The molecule has 0 aliphatic rings. The second kappa shape index (κ2) is 13.6. The normalized spacial score (nSPS) is 11.9. The fourth-order valence-corrected chi connectivity index (χ4v) is 22.0. The number of unbranched alkanes of at least 4 members (excludes halogenated alkanes) is 3. The Balaban J connectivity index is 1.93. The molecular weight excluding hydrogens is 571 g/mol. The molecule has 4 heteroatoms. The van der Waals surface area contributed by atoms with Gasteiger partial charge < -0.3 is 0 Å². The zero-order chi connectivity index (χ0) is 27.0. The van der Waals surface area contributed by atoms with Gasteiger partial charge in [0.25, 0.3) is 0 Å². The third-order valence-corrected chi connectivity index (χ3v) is 23.8. The van der Waals surface area contributed by atoms with E-state index in [1.807, 2.05) is 23.6 Å². The SMILES string of the molecule is CCC[CH2][Sn]([CH2]CCC)([CH2]CCC)[c]1ccc2nc(C)n(C(c3ccccc3)c3ccccc3)c(=O)c2c1. The number of fused-ring (bicyclic) bond motifs is 1. The van der Waals surface area contributed by atoms with Crippen LogP contribution in [-0.4, -0.2) is 27.9 Å². The van der Waals surface area contributed by atoms with E-state index in [1.165, 1.54) is 55.4 Å². The van der Waals surface area contributed by atoms with E-state index < -0.39 is 18.4 Å². The van der Waals surface area contributed by atoms with Gasteiger partial charge in [0.15, 0.2) is 0 Å². The molecule has 0 aliphatic carbocycles. The Kier molecular flexibility index (Phi) is 10.2. The number of aromatic nitrogens is 2. The Labute approximate surface area is 233 Å². The fourth-order valence-electron chi connectivity index (χ4n) is 6.06. The van der Waals surface area contributed by atoms with Crippen LogP contribution in [0.2, 0.25) is 13.3 Å². The van der Waals surface area contributed by atoms with Crippen LogP contribution >= 0.6 is 0 Å². The van der Waals surface area contributed by atoms with Crippen molar-refractivity contribution in [2.24, 2.45) is 0 Å². The molecule has 1 heterocycles. The van der Waals surface area contributed by atoms with Crippen LogP contribution in [0.1, 0.15) is 82.3 Å². The molecule has 38 heavy (non-hydrogen) atoms. The number of nitrogens with zero attached hydrogens (tertiary/aromatic N) is 2. The van der Waals surface area contributed by atoms with Gasteiger partial charge in [0.05, 0.1) is 0 Å². The van der Waals surface area contributed by atoms with E-state index in [4.69, 9.17) is 4.98 Å². The molecule has 0 bridgehead atoms. The van der Waals surface area contributed by atoms with Gasteiger partial charge in [0.2, 0.25) is 0 Å². The molecule has 4 aromatic rings. The Morgan fingerprint density at radius 3 is 1.71 bits per heavy atom. The molecule has 0 amide bonds. The summed E-state index contributed by atoms with van der Waals surface area (Å²) in [4.78, 5) is 19.4. The van der Waals surface area contributed by atoms with Crippen molar-refractivity contribution in [1.82, 2.24) is 9.55 Å².